The maximum atomic E-state index is 11.9. The van der Waals surface area contributed by atoms with Crippen LogP contribution in [0, 0.1) is 0 Å². The summed E-state index contributed by atoms with van der Waals surface area (Å²) < 4.78 is 0. The van der Waals surface area contributed by atoms with Crippen molar-refractivity contribution in [3.05, 3.63) is 35.4 Å². The first-order valence-electron chi connectivity index (χ1n) is 7.41. The van der Waals surface area contributed by atoms with Crippen molar-refractivity contribution in [1.82, 2.24) is 10.2 Å². The molecule has 0 aromatic heterocycles. The molecule has 2 N–H and O–H groups in total. The van der Waals surface area contributed by atoms with Crippen LogP contribution in [0.2, 0.25) is 0 Å². The Balaban J connectivity index is 2.22. The highest BCUT2D eigenvalue weighted by Crippen LogP contribution is 2.04. The highest BCUT2D eigenvalue weighted by molar-refractivity contribution is 5.94. The number of hydrogen-bond donors (Lipinski definition) is 2. The van der Waals surface area contributed by atoms with Crippen LogP contribution in [-0.2, 0) is 6.61 Å². The first-order valence-corrected chi connectivity index (χ1v) is 7.41. The second-order valence-corrected chi connectivity index (χ2v) is 4.84. The fourth-order valence-electron chi connectivity index (χ4n) is 2.07. The third-order valence-corrected chi connectivity index (χ3v) is 3.48. The summed E-state index contributed by atoms with van der Waals surface area (Å²) in [6.07, 6.45) is 2.10. The summed E-state index contributed by atoms with van der Waals surface area (Å²) >= 11 is 0. The topological polar surface area (TPSA) is 52.6 Å². The van der Waals surface area contributed by atoms with E-state index in [0.29, 0.717) is 12.1 Å². The Morgan fingerprint density at radius 3 is 2.35 bits per heavy atom. The number of nitrogens with one attached hydrogen (secondary N) is 1. The number of nitrogens with zero attached hydrogens (tertiary/aromatic N) is 1. The lowest BCUT2D eigenvalue weighted by molar-refractivity contribution is 0.0952. The van der Waals surface area contributed by atoms with E-state index in [1.165, 1.54) is 0 Å². The van der Waals surface area contributed by atoms with Crippen molar-refractivity contribution in [2.24, 2.45) is 0 Å². The molecule has 0 radical (unpaired) electrons. The maximum absolute atomic E-state index is 11.9. The minimum atomic E-state index is -0.0441. The van der Waals surface area contributed by atoms with E-state index in [1.807, 2.05) is 0 Å². The molecule has 0 atom stereocenters. The summed E-state index contributed by atoms with van der Waals surface area (Å²) in [6, 6.07) is 7.04. The fraction of sp³-hybridized carbons (Fsp3) is 0.562. The molecule has 0 heterocycles. The van der Waals surface area contributed by atoms with E-state index in [1.54, 1.807) is 24.3 Å². The van der Waals surface area contributed by atoms with Gasteiger partial charge in [-0.1, -0.05) is 26.0 Å². The molecule has 112 valence electrons. The van der Waals surface area contributed by atoms with E-state index in [9.17, 15) is 4.79 Å². The van der Waals surface area contributed by atoms with Gasteiger partial charge in [-0.25, -0.2) is 0 Å². The highest BCUT2D eigenvalue weighted by atomic mass is 16.3. The number of hydrogen-bond acceptors (Lipinski definition) is 3. The molecule has 1 aromatic carbocycles. The van der Waals surface area contributed by atoms with Gasteiger partial charge >= 0.3 is 0 Å². The summed E-state index contributed by atoms with van der Waals surface area (Å²) in [5.74, 6) is -0.0441. The van der Waals surface area contributed by atoms with Gasteiger partial charge < -0.3 is 15.3 Å². The van der Waals surface area contributed by atoms with Crippen molar-refractivity contribution < 1.29 is 9.90 Å². The molecule has 4 nitrogen and oxygen atoms in total. The van der Waals surface area contributed by atoms with E-state index in [-0.39, 0.29) is 12.5 Å². The van der Waals surface area contributed by atoms with Crippen LogP contribution in [0.4, 0.5) is 0 Å². The standard InChI is InChI=1S/C16H26N2O2/c1-3-18(4-2)12-6-5-11-17-16(20)15-9-7-14(13-19)8-10-15/h7-10,19H,3-6,11-13H2,1-2H3,(H,17,20). The number of aliphatic hydroxyl groups is 1. The predicted octanol–water partition coefficient (Wildman–Crippen LogP) is 2.03. The van der Waals surface area contributed by atoms with Crippen molar-refractivity contribution in [3.63, 3.8) is 0 Å². The molecule has 0 aliphatic carbocycles. The summed E-state index contributed by atoms with van der Waals surface area (Å²) in [5.41, 5.74) is 1.46. The first-order chi connectivity index (χ1) is 9.71. The molecule has 1 amide bonds. The summed E-state index contributed by atoms with van der Waals surface area (Å²) in [4.78, 5) is 14.3. The van der Waals surface area contributed by atoms with Crippen LogP contribution in [-0.4, -0.2) is 42.1 Å². The largest absolute Gasteiger partial charge is 0.392 e. The third-order valence-electron chi connectivity index (χ3n) is 3.48. The highest BCUT2D eigenvalue weighted by Gasteiger charge is 2.04. The average molecular weight is 278 g/mol. The summed E-state index contributed by atoms with van der Waals surface area (Å²) in [5, 5.41) is 11.9. The second kappa shape index (κ2) is 9.50. The maximum Gasteiger partial charge on any atom is 0.251 e. The van der Waals surface area contributed by atoms with Crippen molar-refractivity contribution in [2.45, 2.75) is 33.3 Å². The minimum Gasteiger partial charge on any atom is -0.392 e. The monoisotopic (exact) mass is 278 g/mol. The molecule has 1 rings (SSSR count). The smallest absolute Gasteiger partial charge is 0.251 e. The van der Waals surface area contributed by atoms with Crippen LogP contribution in [0.1, 0.15) is 42.6 Å². The van der Waals surface area contributed by atoms with Crippen LogP contribution in [0.3, 0.4) is 0 Å². The number of amides is 1. The Hall–Kier alpha value is -1.39. The quantitative estimate of drug-likeness (QED) is 0.680. The van der Waals surface area contributed by atoms with Crippen LogP contribution in [0.15, 0.2) is 24.3 Å². The fourth-order valence-corrected chi connectivity index (χ4v) is 2.07. The van der Waals surface area contributed by atoms with Gasteiger partial charge in [0.2, 0.25) is 0 Å². The van der Waals surface area contributed by atoms with E-state index in [0.717, 1.165) is 38.0 Å². The van der Waals surface area contributed by atoms with Gasteiger partial charge in [0.15, 0.2) is 0 Å². The van der Waals surface area contributed by atoms with Gasteiger partial charge in [-0.15, -0.1) is 0 Å². The van der Waals surface area contributed by atoms with Gasteiger partial charge in [-0.05, 0) is 50.2 Å². The predicted molar refractivity (Wildman–Crippen MR) is 81.7 cm³/mol. The molecule has 0 unspecified atom stereocenters. The van der Waals surface area contributed by atoms with Gasteiger partial charge in [0, 0.05) is 12.1 Å². The molecule has 0 spiro atoms. The molecule has 4 heteroatoms. The Bertz CT molecular complexity index is 386. The minimum absolute atomic E-state index is 0.00720. The number of carbonyl (C=O) groups is 1. The van der Waals surface area contributed by atoms with Gasteiger partial charge in [0.05, 0.1) is 6.61 Å². The van der Waals surface area contributed by atoms with E-state index in [4.69, 9.17) is 5.11 Å². The number of unbranched alkanes of at least 4 members (excludes halogenated alkanes) is 1. The van der Waals surface area contributed by atoms with Crippen LogP contribution < -0.4 is 5.32 Å². The Labute approximate surface area is 121 Å². The van der Waals surface area contributed by atoms with E-state index < -0.39 is 0 Å². The Morgan fingerprint density at radius 2 is 1.80 bits per heavy atom. The number of aliphatic hydroxyl groups excluding tert-OH is 1. The average Bonchev–Trinajstić information content (AvgIpc) is 2.50. The molecular formula is C16H26N2O2. The first kappa shape index (κ1) is 16.7. The lowest BCUT2D eigenvalue weighted by Gasteiger charge is -2.17. The number of benzene rings is 1. The molecule has 0 saturated carbocycles. The van der Waals surface area contributed by atoms with Gasteiger partial charge in [0.25, 0.3) is 5.91 Å². The molecule has 0 fully saturated rings. The lowest BCUT2D eigenvalue weighted by Crippen LogP contribution is -2.27. The van der Waals surface area contributed by atoms with Gasteiger partial charge in [0.1, 0.15) is 0 Å². The van der Waals surface area contributed by atoms with Crippen LogP contribution in [0.25, 0.3) is 0 Å². The van der Waals surface area contributed by atoms with Crippen LogP contribution in [0.5, 0.6) is 0 Å². The van der Waals surface area contributed by atoms with Crippen molar-refractivity contribution in [2.75, 3.05) is 26.2 Å². The Morgan fingerprint density at radius 1 is 1.15 bits per heavy atom. The normalized spacial score (nSPS) is 10.8. The summed E-state index contributed by atoms with van der Waals surface area (Å²) in [6.45, 7) is 8.31. The molecule has 0 bridgehead atoms. The second-order valence-electron chi connectivity index (χ2n) is 4.84. The number of carbonyl (C=O) groups excluding carboxylic acids is 1. The molecule has 0 aliphatic rings. The number of rotatable bonds is 9. The molecule has 0 saturated heterocycles. The zero-order valence-corrected chi connectivity index (χ0v) is 12.6. The Kier molecular flexibility index (Phi) is 7.92. The third kappa shape index (κ3) is 5.72. The van der Waals surface area contributed by atoms with E-state index >= 15 is 0 Å². The van der Waals surface area contributed by atoms with Gasteiger partial charge in [-0.3, -0.25) is 4.79 Å². The summed E-state index contributed by atoms with van der Waals surface area (Å²) in [7, 11) is 0. The molecule has 20 heavy (non-hydrogen) atoms. The van der Waals surface area contributed by atoms with Crippen LogP contribution >= 0.6 is 0 Å². The lowest BCUT2D eigenvalue weighted by atomic mass is 10.1. The molecular weight excluding hydrogens is 252 g/mol. The SMILES string of the molecule is CCN(CC)CCCCNC(=O)c1ccc(CO)cc1. The van der Waals surface area contributed by atoms with Crippen molar-refractivity contribution in [1.29, 1.82) is 0 Å². The van der Waals surface area contributed by atoms with E-state index in [2.05, 4.69) is 24.1 Å². The molecule has 1 aromatic rings. The zero-order valence-electron chi connectivity index (χ0n) is 12.6. The molecule has 0 aliphatic heterocycles. The van der Waals surface area contributed by atoms with Crippen molar-refractivity contribution in [3.8, 4) is 0 Å². The van der Waals surface area contributed by atoms with Gasteiger partial charge in [-0.2, -0.15) is 0 Å². The van der Waals surface area contributed by atoms with Crippen molar-refractivity contribution >= 4 is 5.91 Å². The zero-order chi connectivity index (χ0) is 14.8.